The summed E-state index contributed by atoms with van der Waals surface area (Å²) in [4.78, 5) is 4.27. The molecule has 0 unspecified atom stereocenters. The Labute approximate surface area is 114 Å². The molecule has 0 amide bonds. The van der Waals surface area contributed by atoms with Crippen LogP contribution in [0, 0.1) is 0 Å². The highest BCUT2D eigenvalue weighted by Crippen LogP contribution is 2.28. The van der Waals surface area contributed by atoms with E-state index in [2.05, 4.69) is 32.9 Å². The zero-order chi connectivity index (χ0) is 13.7. The number of rotatable bonds is 5. The average molecular weight is 261 g/mol. The molecule has 104 valence electrons. The number of guanidine groups is 1. The van der Waals surface area contributed by atoms with Crippen molar-refractivity contribution in [3.05, 3.63) is 30.1 Å². The molecular formula is C14H23N5. The van der Waals surface area contributed by atoms with E-state index in [0.717, 1.165) is 11.3 Å². The number of aromatic nitrogens is 2. The van der Waals surface area contributed by atoms with Gasteiger partial charge in [-0.1, -0.05) is 25.0 Å². The lowest BCUT2D eigenvalue weighted by atomic mass is 10.3. The molecule has 0 radical (unpaired) electrons. The lowest BCUT2D eigenvalue weighted by molar-refractivity contribution is 0.463. The Balaban J connectivity index is 1.85. The third kappa shape index (κ3) is 4.12. The van der Waals surface area contributed by atoms with Crippen molar-refractivity contribution in [2.24, 2.45) is 10.7 Å². The van der Waals surface area contributed by atoms with E-state index in [-0.39, 0.29) is 0 Å². The molecule has 0 aliphatic heterocycles. The first-order chi connectivity index (χ1) is 9.15. The van der Waals surface area contributed by atoms with Gasteiger partial charge in [0.05, 0.1) is 18.3 Å². The first-order valence-corrected chi connectivity index (χ1v) is 6.87. The minimum absolute atomic E-state index is 0.443. The third-order valence-corrected chi connectivity index (χ3v) is 3.35. The predicted octanol–water partition coefficient (Wildman–Crippen LogP) is 1.98. The topological polar surface area (TPSA) is 68.2 Å². The van der Waals surface area contributed by atoms with E-state index in [0.29, 0.717) is 25.1 Å². The lowest BCUT2D eigenvalue weighted by Gasteiger charge is -2.08. The molecule has 0 bridgehead atoms. The maximum absolute atomic E-state index is 5.76. The molecule has 1 aromatic heterocycles. The van der Waals surface area contributed by atoms with Gasteiger partial charge in [-0.05, 0) is 25.8 Å². The lowest BCUT2D eigenvalue weighted by Crippen LogP contribution is -2.32. The second-order valence-electron chi connectivity index (χ2n) is 5.24. The van der Waals surface area contributed by atoms with E-state index in [9.17, 15) is 0 Å². The first-order valence-electron chi connectivity index (χ1n) is 6.87. The molecule has 1 aromatic rings. The van der Waals surface area contributed by atoms with Gasteiger partial charge in [0, 0.05) is 12.7 Å². The summed E-state index contributed by atoms with van der Waals surface area (Å²) in [7, 11) is 0. The molecule has 0 atom stereocenters. The van der Waals surface area contributed by atoms with Crippen LogP contribution in [-0.2, 0) is 6.54 Å². The largest absolute Gasteiger partial charge is 0.370 e. The van der Waals surface area contributed by atoms with Gasteiger partial charge in [-0.15, -0.1) is 0 Å². The average Bonchev–Trinajstić information content (AvgIpc) is 3.03. The van der Waals surface area contributed by atoms with Crippen molar-refractivity contribution in [2.75, 3.05) is 6.54 Å². The Kier molecular flexibility index (Phi) is 4.60. The van der Waals surface area contributed by atoms with Gasteiger partial charge in [-0.2, -0.15) is 5.10 Å². The molecule has 1 fully saturated rings. The van der Waals surface area contributed by atoms with Crippen LogP contribution in [0.25, 0.3) is 0 Å². The van der Waals surface area contributed by atoms with Gasteiger partial charge >= 0.3 is 0 Å². The number of nitrogens with one attached hydrogen (secondary N) is 1. The molecule has 3 N–H and O–H groups in total. The molecule has 0 saturated heterocycles. The summed E-state index contributed by atoms with van der Waals surface area (Å²) in [5, 5.41) is 7.58. The number of nitrogens with two attached hydrogens (primary N) is 1. The standard InChI is InChI=1S/C14H23N5/c1-11(2)9-16-14(15)17-10-12-7-8-19(18-12)13-5-3-4-6-13/h7-8,13H,1,3-6,9-10H2,2H3,(H3,15,16,17). The summed E-state index contributed by atoms with van der Waals surface area (Å²) in [5.41, 5.74) is 7.76. The van der Waals surface area contributed by atoms with Gasteiger partial charge < -0.3 is 11.1 Å². The second-order valence-corrected chi connectivity index (χ2v) is 5.24. The van der Waals surface area contributed by atoms with Crippen LogP contribution >= 0.6 is 0 Å². The molecule has 5 nitrogen and oxygen atoms in total. The number of hydrogen-bond acceptors (Lipinski definition) is 2. The highest BCUT2D eigenvalue weighted by Gasteiger charge is 2.17. The van der Waals surface area contributed by atoms with Crippen LogP contribution in [0.1, 0.15) is 44.3 Å². The summed E-state index contributed by atoms with van der Waals surface area (Å²) in [6.45, 7) is 6.93. The molecule has 19 heavy (non-hydrogen) atoms. The molecule has 0 aromatic carbocycles. The van der Waals surface area contributed by atoms with E-state index in [1.165, 1.54) is 25.7 Å². The Morgan fingerprint density at radius 3 is 3.00 bits per heavy atom. The zero-order valence-corrected chi connectivity index (χ0v) is 11.6. The van der Waals surface area contributed by atoms with Crippen molar-refractivity contribution in [3.8, 4) is 0 Å². The number of nitrogens with zero attached hydrogens (tertiary/aromatic N) is 3. The SMILES string of the molecule is C=C(C)CNC(N)=NCc1ccn(C2CCCC2)n1. The van der Waals surface area contributed by atoms with E-state index >= 15 is 0 Å². The Bertz CT molecular complexity index is 454. The summed E-state index contributed by atoms with van der Waals surface area (Å²) in [6.07, 6.45) is 7.17. The molecule has 2 rings (SSSR count). The molecule has 1 saturated carbocycles. The maximum Gasteiger partial charge on any atom is 0.189 e. The van der Waals surface area contributed by atoms with Crippen molar-refractivity contribution in [3.63, 3.8) is 0 Å². The normalized spacial score (nSPS) is 16.8. The van der Waals surface area contributed by atoms with Crippen molar-refractivity contribution in [2.45, 2.75) is 45.2 Å². The van der Waals surface area contributed by atoms with Gasteiger partial charge in [-0.3, -0.25) is 4.68 Å². The van der Waals surface area contributed by atoms with Crippen LogP contribution in [0.4, 0.5) is 0 Å². The fraction of sp³-hybridized carbons (Fsp3) is 0.571. The number of aliphatic imine (C=N–C) groups is 1. The monoisotopic (exact) mass is 261 g/mol. The van der Waals surface area contributed by atoms with Gasteiger partial charge in [0.1, 0.15) is 0 Å². The zero-order valence-electron chi connectivity index (χ0n) is 11.6. The summed E-state index contributed by atoms with van der Waals surface area (Å²) >= 11 is 0. The van der Waals surface area contributed by atoms with Crippen LogP contribution in [0.2, 0.25) is 0 Å². The Morgan fingerprint density at radius 1 is 1.58 bits per heavy atom. The minimum atomic E-state index is 0.443. The quantitative estimate of drug-likeness (QED) is 0.484. The summed E-state index contributed by atoms with van der Waals surface area (Å²) in [6, 6.07) is 2.60. The van der Waals surface area contributed by atoms with Gasteiger partial charge in [-0.25, -0.2) is 4.99 Å². The summed E-state index contributed by atoms with van der Waals surface area (Å²) < 4.78 is 2.08. The van der Waals surface area contributed by atoms with E-state index in [4.69, 9.17) is 5.73 Å². The Hall–Kier alpha value is -1.78. The van der Waals surface area contributed by atoms with Crippen molar-refractivity contribution in [1.82, 2.24) is 15.1 Å². The van der Waals surface area contributed by atoms with Crippen LogP contribution in [0.3, 0.4) is 0 Å². The second kappa shape index (κ2) is 6.41. The van der Waals surface area contributed by atoms with Gasteiger partial charge in [0.15, 0.2) is 5.96 Å². The van der Waals surface area contributed by atoms with Crippen LogP contribution in [0.15, 0.2) is 29.4 Å². The Morgan fingerprint density at radius 2 is 2.32 bits per heavy atom. The molecule has 1 aliphatic rings. The van der Waals surface area contributed by atoms with E-state index in [1.807, 2.05) is 13.0 Å². The molecule has 1 aliphatic carbocycles. The fourth-order valence-electron chi connectivity index (χ4n) is 2.30. The molecule has 5 heteroatoms. The van der Waals surface area contributed by atoms with E-state index < -0.39 is 0 Å². The predicted molar refractivity (Wildman–Crippen MR) is 77.9 cm³/mol. The van der Waals surface area contributed by atoms with Crippen LogP contribution in [0.5, 0.6) is 0 Å². The summed E-state index contributed by atoms with van der Waals surface area (Å²) in [5.74, 6) is 0.443. The smallest absolute Gasteiger partial charge is 0.189 e. The minimum Gasteiger partial charge on any atom is -0.370 e. The third-order valence-electron chi connectivity index (χ3n) is 3.35. The highest BCUT2D eigenvalue weighted by molar-refractivity contribution is 5.77. The van der Waals surface area contributed by atoms with Gasteiger partial charge in [0.2, 0.25) is 0 Å². The fourth-order valence-corrected chi connectivity index (χ4v) is 2.30. The van der Waals surface area contributed by atoms with E-state index in [1.54, 1.807) is 0 Å². The molecular weight excluding hydrogens is 238 g/mol. The maximum atomic E-state index is 5.76. The van der Waals surface area contributed by atoms with Crippen molar-refractivity contribution >= 4 is 5.96 Å². The molecule has 1 heterocycles. The number of hydrogen-bond donors (Lipinski definition) is 2. The highest BCUT2D eigenvalue weighted by atomic mass is 15.3. The molecule has 0 spiro atoms. The first kappa shape index (κ1) is 13.6. The van der Waals surface area contributed by atoms with Crippen LogP contribution in [-0.4, -0.2) is 22.3 Å². The van der Waals surface area contributed by atoms with Gasteiger partial charge in [0.25, 0.3) is 0 Å². The van der Waals surface area contributed by atoms with Crippen molar-refractivity contribution < 1.29 is 0 Å². The van der Waals surface area contributed by atoms with Crippen LogP contribution < -0.4 is 11.1 Å². The van der Waals surface area contributed by atoms with Crippen molar-refractivity contribution in [1.29, 1.82) is 0 Å².